The minimum atomic E-state index is -3.59. The molecule has 26 heavy (non-hydrogen) atoms. The number of nitrogens with zero attached hydrogens (tertiary/aromatic N) is 1. The first-order valence-electron chi connectivity index (χ1n) is 8.07. The van der Waals surface area contributed by atoms with E-state index >= 15 is 0 Å². The lowest BCUT2D eigenvalue weighted by Gasteiger charge is -2.15. The van der Waals surface area contributed by atoms with Gasteiger partial charge in [0.15, 0.2) is 0 Å². The number of amides is 2. The second kappa shape index (κ2) is 8.77. The Balaban J connectivity index is 1.90. The zero-order chi connectivity index (χ0) is 19.2. The van der Waals surface area contributed by atoms with E-state index in [0.717, 1.165) is 9.87 Å². The summed E-state index contributed by atoms with van der Waals surface area (Å²) in [6.07, 6.45) is 0.497. The third-order valence-electron chi connectivity index (χ3n) is 3.76. The Morgan fingerprint density at radius 1 is 1.08 bits per heavy atom. The predicted molar refractivity (Wildman–Crippen MR) is 97.7 cm³/mol. The molecular formula is C18H22FN3O3S. The monoisotopic (exact) mass is 379 g/mol. The number of sulfonamides is 1. The summed E-state index contributed by atoms with van der Waals surface area (Å²) in [6, 6.07) is 12.3. The van der Waals surface area contributed by atoms with Crippen LogP contribution in [0.3, 0.4) is 0 Å². The van der Waals surface area contributed by atoms with Crippen molar-refractivity contribution in [1.29, 1.82) is 0 Å². The molecule has 0 spiro atoms. The van der Waals surface area contributed by atoms with Gasteiger partial charge in [-0.3, -0.25) is 0 Å². The van der Waals surface area contributed by atoms with Crippen molar-refractivity contribution in [3.8, 4) is 0 Å². The Labute approximate surface area is 153 Å². The number of carbonyl (C=O) groups excluding carboxylic acids is 1. The highest BCUT2D eigenvalue weighted by atomic mass is 32.2. The molecule has 0 saturated carbocycles. The molecule has 0 atom stereocenters. The average Bonchev–Trinajstić information content (AvgIpc) is 2.60. The van der Waals surface area contributed by atoms with Crippen LogP contribution in [0.4, 0.5) is 9.18 Å². The molecule has 140 valence electrons. The Kier molecular flexibility index (Phi) is 6.70. The van der Waals surface area contributed by atoms with Gasteiger partial charge >= 0.3 is 6.03 Å². The number of halogens is 1. The van der Waals surface area contributed by atoms with Crippen LogP contribution in [-0.4, -0.2) is 39.4 Å². The number of hydrogen-bond donors (Lipinski definition) is 2. The van der Waals surface area contributed by atoms with Crippen LogP contribution >= 0.6 is 0 Å². The molecular weight excluding hydrogens is 357 g/mol. The standard InChI is InChI=1S/C18H22FN3O3S/c1-22(2)26(24,25)17-9-4-3-7-15(17)13-21-18(23)20-11-10-14-6-5-8-16(19)12-14/h3-9,12H,10-11,13H2,1-2H3,(H2,20,21,23). The largest absolute Gasteiger partial charge is 0.338 e. The zero-order valence-electron chi connectivity index (χ0n) is 14.7. The van der Waals surface area contributed by atoms with Crippen molar-refractivity contribution in [2.24, 2.45) is 0 Å². The van der Waals surface area contributed by atoms with E-state index in [1.165, 1.54) is 32.3 Å². The minimum Gasteiger partial charge on any atom is -0.338 e. The van der Waals surface area contributed by atoms with Crippen LogP contribution in [0.25, 0.3) is 0 Å². The lowest BCUT2D eigenvalue weighted by molar-refractivity contribution is 0.240. The fraction of sp³-hybridized carbons (Fsp3) is 0.278. The summed E-state index contributed by atoms with van der Waals surface area (Å²) in [5, 5.41) is 5.31. The molecule has 2 aromatic carbocycles. The van der Waals surface area contributed by atoms with Crippen LogP contribution in [0.2, 0.25) is 0 Å². The van der Waals surface area contributed by atoms with E-state index in [4.69, 9.17) is 0 Å². The number of urea groups is 1. The van der Waals surface area contributed by atoms with Crippen LogP contribution in [0.5, 0.6) is 0 Å². The second-order valence-electron chi connectivity index (χ2n) is 5.88. The summed E-state index contributed by atoms with van der Waals surface area (Å²) in [4.78, 5) is 12.1. The van der Waals surface area contributed by atoms with Crippen LogP contribution in [0.15, 0.2) is 53.4 Å². The molecule has 0 aliphatic heterocycles. The van der Waals surface area contributed by atoms with Gasteiger partial charge < -0.3 is 10.6 Å². The van der Waals surface area contributed by atoms with Gasteiger partial charge in [-0.1, -0.05) is 30.3 Å². The van der Waals surface area contributed by atoms with E-state index in [1.54, 1.807) is 30.3 Å². The maximum Gasteiger partial charge on any atom is 0.315 e. The first-order valence-corrected chi connectivity index (χ1v) is 9.51. The Bertz CT molecular complexity index is 869. The topological polar surface area (TPSA) is 78.5 Å². The molecule has 2 amide bonds. The van der Waals surface area contributed by atoms with Crippen molar-refractivity contribution in [1.82, 2.24) is 14.9 Å². The molecule has 2 N–H and O–H groups in total. The molecule has 0 aliphatic carbocycles. The van der Waals surface area contributed by atoms with Gasteiger partial charge in [-0.15, -0.1) is 0 Å². The molecule has 0 aliphatic rings. The summed E-state index contributed by atoms with van der Waals surface area (Å²) < 4.78 is 38.9. The highest BCUT2D eigenvalue weighted by molar-refractivity contribution is 7.89. The van der Waals surface area contributed by atoms with Gasteiger partial charge in [0.2, 0.25) is 10.0 Å². The first kappa shape index (κ1) is 19.9. The fourth-order valence-electron chi connectivity index (χ4n) is 2.35. The van der Waals surface area contributed by atoms with E-state index in [-0.39, 0.29) is 17.3 Å². The first-order chi connectivity index (χ1) is 12.3. The molecule has 2 aromatic rings. The lowest BCUT2D eigenvalue weighted by atomic mass is 10.1. The van der Waals surface area contributed by atoms with Crippen LogP contribution in [-0.2, 0) is 23.0 Å². The molecule has 0 radical (unpaired) electrons. The molecule has 8 heteroatoms. The van der Waals surface area contributed by atoms with E-state index in [9.17, 15) is 17.6 Å². The van der Waals surface area contributed by atoms with Crippen molar-refractivity contribution >= 4 is 16.1 Å². The number of hydrogen-bond acceptors (Lipinski definition) is 3. The average molecular weight is 379 g/mol. The third-order valence-corrected chi connectivity index (χ3v) is 5.67. The SMILES string of the molecule is CN(C)S(=O)(=O)c1ccccc1CNC(=O)NCCc1cccc(F)c1. The van der Waals surface area contributed by atoms with Gasteiger partial charge in [0.1, 0.15) is 5.82 Å². The molecule has 0 heterocycles. The van der Waals surface area contributed by atoms with Gasteiger partial charge in [0, 0.05) is 27.2 Å². The van der Waals surface area contributed by atoms with Crippen molar-refractivity contribution in [2.45, 2.75) is 17.9 Å². The van der Waals surface area contributed by atoms with Gasteiger partial charge in [-0.05, 0) is 35.7 Å². The maximum absolute atomic E-state index is 13.1. The summed E-state index contributed by atoms with van der Waals surface area (Å²) >= 11 is 0. The normalized spacial score (nSPS) is 11.4. The van der Waals surface area contributed by atoms with E-state index < -0.39 is 16.1 Å². The third kappa shape index (κ3) is 5.27. The van der Waals surface area contributed by atoms with Crippen molar-refractivity contribution < 1.29 is 17.6 Å². The summed E-state index contributed by atoms with van der Waals surface area (Å²) in [5.41, 5.74) is 1.29. The Morgan fingerprint density at radius 2 is 1.81 bits per heavy atom. The zero-order valence-corrected chi connectivity index (χ0v) is 15.5. The Morgan fingerprint density at radius 3 is 2.50 bits per heavy atom. The molecule has 0 saturated heterocycles. The molecule has 0 unspecified atom stereocenters. The van der Waals surface area contributed by atoms with E-state index in [0.29, 0.717) is 18.5 Å². The molecule has 2 rings (SSSR count). The van der Waals surface area contributed by atoms with Gasteiger partial charge in [-0.2, -0.15) is 0 Å². The van der Waals surface area contributed by atoms with Crippen LogP contribution in [0, 0.1) is 5.82 Å². The van der Waals surface area contributed by atoms with Crippen LogP contribution in [0.1, 0.15) is 11.1 Å². The van der Waals surface area contributed by atoms with E-state index in [1.807, 2.05) is 0 Å². The second-order valence-corrected chi connectivity index (χ2v) is 8.00. The highest BCUT2D eigenvalue weighted by Gasteiger charge is 2.20. The van der Waals surface area contributed by atoms with Gasteiger partial charge in [-0.25, -0.2) is 21.9 Å². The summed E-state index contributed by atoms with van der Waals surface area (Å²) in [6.45, 7) is 0.419. The van der Waals surface area contributed by atoms with Gasteiger partial charge in [0.25, 0.3) is 0 Å². The van der Waals surface area contributed by atoms with Crippen molar-refractivity contribution in [2.75, 3.05) is 20.6 Å². The predicted octanol–water partition coefficient (Wildman–Crippen LogP) is 2.12. The van der Waals surface area contributed by atoms with Crippen molar-refractivity contribution in [3.63, 3.8) is 0 Å². The molecule has 0 bridgehead atoms. The summed E-state index contributed by atoms with van der Waals surface area (Å²) in [7, 11) is -0.672. The number of nitrogens with one attached hydrogen (secondary N) is 2. The lowest BCUT2D eigenvalue weighted by Crippen LogP contribution is -2.36. The summed E-state index contributed by atoms with van der Waals surface area (Å²) in [5.74, 6) is -0.314. The quantitative estimate of drug-likeness (QED) is 0.773. The molecule has 0 fully saturated rings. The molecule has 6 nitrogen and oxygen atoms in total. The van der Waals surface area contributed by atoms with E-state index in [2.05, 4.69) is 10.6 Å². The van der Waals surface area contributed by atoms with Crippen molar-refractivity contribution in [3.05, 3.63) is 65.5 Å². The van der Waals surface area contributed by atoms with Crippen LogP contribution < -0.4 is 10.6 Å². The maximum atomic E-state index is 13.1. The van der Waals surface area contributed by atoms with Gasteiger partial charge in [0.05, 0.1) is 4.90 Å². The fourth-order valence-corrected chi connectivity index (χ4v) is 3.46. The number of benzene rings is 2. The smallest absolute Gasteiger partial charge is 0.315 e. The number of rotatable bonds is 7. The molecule has 0 aromatic heterocycles. The Hall–Kier alpha value is -2.45. The highest BCUT2D eigenvalue weighted by Crippen LogP contribution is 2.18. The number of carbonyl (C=O) groups is 1. The minimum absolute atomic E-state index is 0.0784.